The number of ether oxygens (including phenoxy) is 2. The monoisotopic (exact) mass is 487 g/mol. The van der Waals surface area contributed by atoms with Crippen LogP contribution in [0.5, 0.6) is 5.75 Å². The van der Waals surface area contributed by atoms with Crippen LogP contribution in [-0.2, 0) is 16.1 Å². The van der Waals surface area contributed by atoms with E-state index in [1.165, 1.54) is 7.11 Å². The molecule has 36 heavy (non-hydrogen) atoms. The SMILES string of the molecule is COC(=O)C(C(C)C)N1Cc2cc(-c3ccc(NC(=O)Nc4ccc(OC)cc4)cc3)ccc2C1=O. The second kappa shape index (κ2) is 10.5. The van der Waals surface area contributed by atoms with Crippen molar-refractivity contribution in [2.45, 2.75) is 26.4 Å². The fraction of sp³-hybridized carbons (Fsp3) is 0.250. The third-order valence-electron chi connectivity index (χ3n) is 6.17. The van der Waals surface area contributed by atoms with Gasteiger partial charge in [0.2, 0.25) is 0 Å². The molecular weight excluding hydrogens is 458 g/mol. The first kappa shape index (κ1) is 24.8. The van der Waals surface area contributed by atoms with Crippen molar-refractivity contribution in [3.63, 3.8) is 0 Å². The van der Waals surface area contributed by atoms with E-state index in [0.29, 0.717) is 29.2 Å². The molecule has 0 bridgehead atoms. The molecule has 0 saturated heterocycles. The molecule has 4 rings (SSSR count). The second-order valence-corrected chi connectivity index (χ2v) is 8.90. The number of methoxy groups -OCH3 is 2. The number of hydrogen-bond acceptors (Lipinski definition) is 5. The van der Waals surface area contributed by atoms with Gasteiger partial charge in [0.25, 0.3) is 5.91 Å². The maximum Gasteiger partial charge on any atom is 0.328 e. The normalized spacial score (nSPS) is 13.2. The molecule has 0 aromatic heterocycles. The van der Waals surface area contributed by atoms with Gasteiger partial charge in [-0.3, -0.25) is 4.79 Å². The van der Waals surface area contributed by atoms with Crippen LogP contribution in [0.25, 0.3) is 11.1 Å². The number of nitrogens with one attached hydrogen (secondary N) is 2. The van der Waals surface area contributed by atoms with E-state index in [1.807, 2.05) is 50.2 Å². The van der Waals surface area contributed by atoms with Crippen LogP contribution in [-0.4, -0.2) is 43.1 Å². The van der Waals surface area contributed by atoms with E-state index in [9.17, 15) is 14.4 Å². The summed E-state index contributed by atoms with van der Waals surface area (Å²) in [5.41, 5.74) is 4.65. The summed E-state index contributed by atoms with van der Waals surface area (Å²) in [7, 11) is 2.92. The molecule has 0 spiro atoms. The zero-order chi connectivity index (χ0) is 25.8. The highest BCUT2D eigenvalue weighted by atomic mass is 16.5. The van der Waals surface area contributed by atoms with Crippen molar-refractivity contribution in [1.82, 2.24) is 4.90 Å². The molecule has 186 valence electrons. The van der Waals surface area contributed by atoms with Crippen molar-refractivity contribution in [3.05, 3.63) is 77.9 Å². The molecular formula is C28H29N3O5. The van der Waals surface area contributed by atoms with Crippen LogP contribution in [0, 0.1) is 5.92 Å². The Morgan fingerprint density at radius 3 is 2.00 bits per heavy atom. The van der Waals surface area contributed by atoms with Crippen LogP contribution in [0.2, 0.25) is 0 Å². The van der Waals surface area contributed by atoms with Crippen molar-refractivity contribution in [3.8, 4) is 16.9 Å². The van der Waals surface area contributed by atoms with Crippen LogP contribution in [0.1, 0.15) is 29.8 Å². The minimum Gasteiger partial charge on any atom is -0.497 e. The van der Waals surface area contributed by atoms with Crippen molar-refractivity contribution in [2.24, 2.45) is 5.92 Å². The Hall–Kier alpha value is -4.33. The lowest BCUT2D eigenvalue weighted by atomic mass is 10.0. The van der Waals surface area contributed by atoms with E-state index in [0.717, 1.165) is 16.7 Å². The van der Waals surface area contributed by atoms with Gasteiger partial charge in [0, 0.05) is 23.5 Å². The summed E-state index contributed by atoms with van der Waals surface area (Å²) in [5.74, 6) is 0.0640. The highest BCUT2D eigenvalue weighted by Crippen LogP contribution is 2.32. The number of amides is 3. The first-order valence-corrected chi connectivity index (χ1v) is 11.6. The zero-order valence-corrected chi connectivity index (χ0v) is 20.7. The largest absolute Gasteiger partial charge is 0.497 e. The van der Waals surface area contributed by atoms with Crippen LogP contribution in [0.4, 0.5) is 16.2 Å². The van der Waals surface area contributed by atoms with Crippen LogP contribution in [0.3, 0.4) is 0 Å². The van der Waals surface area contributed by atoms with Gasteiger partial charge in [0.1, 0.15) is 11.8 Å². The predicted molar refractivity (Wildman–Crippen MR) is 138 cm³/mol. The van der Waals surface area contributed by atoms with E-state index in [-0.39, 0.29) is 17.9 Å². The molecule has 1 atom stereocenters. The molecule has 0 saturated carbocycles. The Morgan fingerprint density at radius 2 is 1.44 bits per heavy atom. The van der Waals surface area contributed by atoms with Crippen molar-refractivity contribution < 1.29 is 23.9 Å². The summed E-state index contributed by atoms with van der Waals surface area (Å²) in [5, 5.41) is 5.59. The molecule has 1 aliphatic rings. The van der Waals surface area contributed by atoms with Crippen LogP contribution >= 0.6 is 0 Å². The summed E-state index contributed by atoms with van der Waals surface area (Å²) in [6.45, 7) is 4.15. The number of carbonyl (C=O) groups is 3. The van der Waals surface area contributed by atoms with Crippen molar-refractivity contribution >= 4 is 29.3 Å². The first-order chi connectivity index (χ1) is 17.3. The zero-order valence-electron chi connectivity index (χ0n) is 20.7. The van der Waals surface area contributed by atoms with Crippen LogP contribution < -0.4 is 15.4 Å². The standard InChI is InChI=1S/C28H29N3O5/c1-17(2)25(27(33)36-4)31-16-20-15-19(7-14-24(20)26(31)32)18-5-8-21(9-6-18)29-28(34)30-22-10-12-23(35-3)13-11-22/h5-15,17,25H,16H2,1-4H3,(H2,29,30,34). The summed E-state index contributed by atoms with van der Waals surface area (Å²) >= 11 is 0. The Morgan fingerprint density at radius 1 is 0.861 bits per heavy atom. The minimum atomic E-state index is -0.632. The molecule has 3 amide bonds. The lowest BCUT2D eigenvalue weighted by Gasteiger charge is -2.28. The Bertz CT molecular complexity index is 1270. The number of rotatable bonds is 7. The topological polar surface area (TPSA) is 97.0 Å². The second-order valence-electron chi connectivity index (χ2n) is 8.90. The molecule has 1 aliphatic heterocycles. The Labute approximate surface area is 210 Å². The highest BCUT2D eigenvalue weighted by molar-refractivity contribution is 6.01. The lowest BCUT2D eigenvalue weighted by molar-refractivity contribution is -0.147. The average molecular weight is 488 g/mol. The number of anilines is 2. The van der Waals surface area contributed by atoms with Gasteiger partial charge in [-0.05, 0) is 71.1 Å². The van der Waals surface area contributed by atoms with E-state index in [4.69, 9.17) is 9.47 Å². The van der Waals surface area contributed by atoms with Gasteiger partial charge in [-0.1, -0.05) is 32.0 Å². The maximum absolute atomic E-state index is 13.0. The van der Waals surface area contributed by atoms with Gasteiger partial charge >= 0.3 is 12.0 Å². The van der Waals surface area contributed by atoms with Gasteiger partial charge in [-0.2, -0.15) is 0 Å². The van der Waals surface area contributed by atoms with Gasteiger partial charge in [0.15, 0.2) is 0 Å². The number of urea groups is 1. The van der Waals surface area contributed by atoms with Crippen LogP contribution in [0.15, 0.2) is 66.7 Å². The summed E-state index contributed by atoms with van der Waals surface area (Å²) in [6, 6.07) is 19.2. The van der Waals surface area contributed by atoms with E-state index < -0.39 is 12.0 Å². The fourth-order valence-electron chi connectivity index (χ4n) is 4.34. The molecule has 8 heteroatoms. The van der Waals surface area contributed by atoms with Gasteiger partial charge in [-0.25, -0.2) is 9.59 Å². The average Bonchev–Trinajstić information content (AvgIpc) is 3.19. The van der Waals surface area contributed by atoms with Crippen molar-refractivity contribution in [2.75, 3.05) is 24.9 Å². The number of benzene rings is 3. The fourth-order valence-corrected chi connectivity index (χ4v) is 4.34. The molecule has 1 heterocycles. The summed E-state index contributed by atoms with van der Waals surface area (Å²) in [6.07, 6.45) is 0. The Balaban J connectivity index is 1.44. The lowest BCUT2D eigenvalue weighted by Crippen LogP contribution is -2.45. The number of hydrogen-bond donors (Lipinski definition) is 2. The first-order valence-electron chi connectivity index (χ1n) is 11.6. The maximum atomic E-state index is 13.0. The summed E-state index contributed by atoms with van der Waals surface area (Å²) in [4.78, 5) is 39.2. The number of fused-ring (bicyclic) bond motifs is 1. The quantitative estimate of drug-likeness (QED) is 0.449. The highest BCUT2D eigenvalue weighted by Gasteiger charge is 2.38. The predicted octanol–water partition coefficient (Wildman–Crippen LogP) is 5.16. The molecule has 0 aliphatic carbocycles. The number of nitrogens with zero attached hydrogens (tertiary/aromatic N) is 1. The smallest absolute Gasteiger partial charge is 0.328 e. The molecule has 1 unspecified atom stereocenters. The van der Waals surface area contributed by atoms with Crippen molar-refractivity contribution in [1.29, 1.82) is 0 Å². The number of carbonyl (C=O) groups excluding carboxylic acids is 3. The van der Waals surface area contributed by atoms with E-state index >= 15 is 0 Å². The molecule has 0 fully saturated rings. The van der Waals surface area contributed by atoms with E-state index in [1.54, 1.807) is 42.3 Å². The third-order valence-corrected chi connectivity index (χ3v) is 6.17. The van der Waals surface area contributed by atoms with E-state index in [2.05, 4.69) is 10.6 Å². The molecule has 2 N–H and O–H groups in total. The van der Waals surface area contributed by atoms with Gasteiger partial charge in [-0.15, -0.1) is 0 Å². The Kier molecular flexibility index (Phi) is 7.24. The number of esters is 1. The van der Waals surface area contributed by atoms with Gasteiger partial charge in [0.05, 0.1) is 14.2 Å². The molecule has 8 nitrogen and oxygen atoms in total. The molecule has 3 aromatic rings. The third kappa shape index (κ3) is 5.17. The summed E-state index contributed by atoms with van der Waals surface area (Å²) < 4.78 is 10.1. The van der Waals surface area contributed by atoms with Gasteiger partial charge < -0.3 is 25.0 Å². The molecule has 0 radical (unpaired) electrons. The minimum absolute atomic E-state index is 0.0721. The molecule has 3 aromatic carbocycles.